The molecule has 148 valence electrons. The van der Waals surface area contributed by atoms with Crippen LogP contribution in [0.5, 0.6) is 0 Å². The minimum atomic E-state index is -0.400. The van der Waals surface area contributed by atoms with E-state index in [0.717, 1.165) is 27.0 Å². The van der Waals surface area contributed by atoms with Crippen molar-refractivity contribution in [2.45, 2.75) is 27.7 Å². The third-order valence-corrected chi connectivity index (χ3v) is 6.93. The van der Waals surface area contributed by atoms with E-state index in [2.05, 4.69) is 53.6 Å². The summed E-state index contributed by atoms with van der Waals surface area (Å²) in [6, 6.07) is 8.30. The van der Waals surface area contributed by atoms with Crippen LogP contribution in [0.25, 0.3) is 11.8 Å². The minimum absolute atomic E-state index is 0.0634. The Balaban J connectivity index is 1.80. The number of hydrazone groups is 1. The number of benzene rings is 1. The number of fused-ring (bicyclic) bond motifs is 1. The van der Waals surface area contributed by atoms with Crippen molar-refractivity contribution < 1.29 is 4.79 Å². The third kappa shape index (κ3) is 3.26. The summed E-state index contributed by atoms with van der Waals surface area (Å²) >= 11 is 2.79. The topological polar surface area (TPSA) is 73.8 Å². The van der Waals surface area contributed by atoms with E-state index in [1.54, 1.807) is 6.08 Å². The van der Waals surface area contributed by atoms with Crippen molar-refractivity contribution in [2.24, 2.45) is 10.1 Å². The molecule has 0 unspecified atom stereocenters. The van der Waals surface area contributed by atoms with Crippen LogP contribution in [0.1, 0.15) is 28.1 Å². The van der Waals surface area contributed by atoms with Gasteiger partial charge in [0, 0.05) is 11.4 Å². The maximum absolute atomic E-state index is 12.6. The van der Waals surface area contributed by atoms with Crippen molar-refractivity contribution in [1.82, 2.24) is 9.58 Å². The first-order valence-corrected chi connectivity index (χ1v) is 11.2. The van der Waals surface area contributed by atoms with Gasteiger partial charge in [-0.2, -0.15) is 10.0 Å². The molecule has 0 fully saturated rings. The van der Waals surface area contributed by atoms with E-state index in [9.17, 15) is 4.79 Å². The number of amides is 1. The van der Waals surface area contributed by atoms with Crippen LogP contribution in [-0.4, -0.2) is 37.1 Å². The average molecular weight is 424 g/mol. The molecule has 6 nitrogen and oxygen atoms in total. The molecule has 2 aliphatic rings. The first-order chi connectivity index (χ1) is 13.8. The fourth-order valence-electron chi connectivity index (χ4n) is 3.65. The number of aromatic nitrogens is 1. The number of aryl methyl sites for hydroxylation is 3. The Morgan fingerprint density at radius 2 is 1.86 bits per heavy atom. The van der Waals surface area contributed by atoms with Crippen molar-refractivity contribution in [3.8, 4) is 5.69 Å². The summed E-state index contributed by atoms with van der Waals surface area (Å²) < 4.78 is 2.98. The Bertz CT molecular complexity index is 1140. The van der Waals surface area contributed by atoms with Crippen LogP contribution in [0.15, 0.2) is 39.9 Å². The van der Waals surface area contributed by atoms with E-state index in [1.165, 1.54) is 39.7 Å². The monoisotopic (exact) mass is 423 g/mol. The van der Waals surface area contributed by atoms with Crippen molar-refractivity contribution in [3.63, 3.8) is 0 Å². The zero-order chi connectivity index (χ0) is 20.9. The molecule has 0 radical (unpaired) electrons. The van der Waals surface area contributed by atoms with Gasteiger partial charge in [0.05, 0.1) is 11.3 Å². The van der Waals surface area contributed by atoms with Crippen LogP contribution in [-0.2, 0) is 4.79 Å². The predicted octanol–water partition coefficient (Wildman–Crippen LogP) is 4.65. The molecule has 3 heterocycles. The van der Waals surface area contributed by atoms with Gasteiger partial charge < -0.3 is 4.57 Å². The summed E-state index contributed by atoms with van der Waals surface area (Å²) in [5.41, 5.74) is 6.78. The molecule has 1 amide bonds. The number of hydrogen-bond donors (Lipinski definition) is 1. The Kier molecular flexibility index (Phi) is 5.00. The first kappa shape index (κ1) is 19.7. The zero-order valence-electron chi connectivity index (χ0n) is 16.9. The molecule has 1 N–H and O–H groups in total. The second-order valence-corrected chi connectivity index (χ2v) is 9.00. The van der Waals surface area contributed by atoms with E-state index in [4.69, 9.17) is 5.41 Å². The van der Waals surface area contributed by atoms with Crippen LogP contribution in [0, 0.1) is 33.1 Å². The largest absolute Gasteiger partial charge is 0.317 e. The molecule has 0 saturated carbocycles. The molecule has 2 aromatic rings. The molecule has 0 atom stereocenters. The molecule has 0 bridgehead atoms. The quantitative estimate of drug-likeness (QED) is 0.714. The molecular weight excluding hydrogens is 402 g/mol. The van der Waals surface area contributed by atoms with E-state index >= 15 is 0 Å². The smallest absolute Gasteiger partial charge is 0.283 e. The zero-order valence-corrected chi connectivity index (χ0v) is 18.5. The van der Waals surface area contributed by atoms with Gasteiger partial charge in [-0.1, -0.05) is 18.2 Å². The van der Waals surface area contributed by atoms with E-state index in [-0.39, 0.29) is 11.4 Å². The molecule has 29 heavy (non-hydrogen) atoms. The van der Waals surface area contributed by atoms with Gasteiger partial charge in [0.15, 0.2) is 10.2 Å². The van der Waals surface area contributed by atoms with Crippen molar-refractivity contribution in [1.29, 1.82) is 5.41 Å². The number of rotatable bonds is 2. The SMILES string of the molecule is CSC1=NN2C(=N)/C(=C\c3cc(C)n(-c4c(C)cccc4C)c3C)C(=O)N=C2S1. The Hall–Kier alpha value is -2.58. The molecular formula is C21H21N5OS2. The third-order valence-electron chi connectivity index (χ3n) is 5.04. The molecule has 0 saturated heterocycles. The maximum atomic E-state index is 12.6. The highest BCUT2D eigenvalue weighted by Crippen LogP contribution is 2.32. The summed E-state index contributed by atoms with van der Waals surface area (Å²) in [5, 5.41) is 14.8. The highest BCUT2D eigenvalue weighted by molar-refractivity contribution is 8.45. The predicted molar refractivity (Wildman–Crippen MR) is 123 cm³/mol. The van der Waals surface area contributed by atoms with Gasteiger partial charge in [0.1, 0.15) is 0 Å². The van der Waals surface area contributed by atoms with Crippen molar-refractivity contribution in [3.05, 3.63) is 57.9 Å². The summed E-state index contributed by atoms with van der Waals surface area (Å²) in [6.07, 6.45) is 3.67. The average Bonchev–Trinajstić information content (AvgIpc) is 3.20. The highest BCUT2D eigenvalue weighted by Gasteiger charge is 2.35. The van der Waals surface area contributed by atoms with E-state index < -0.39 is 5.91 Å². The van der Waals surface area contributed by atoms with Gasteiger partial charge in [-0.3, -0.25) is 10.2 Å². The lowest BCUT2D eigenvalue weighted by atomic mass is 10.1. The fraction of sp³-hybridized carbons (Fsp3) is 0.238. The first-order valence-electron chi connectivity index (χ1n) is 9.11. The summed E-state index contributed by atoms with van der Waals surface area (Å²) in [7, 11) is 0. The normalized spacial score (nSPS) is 17.7. The molecule has 4 rings (SSSR count). The number of para-hydroxylation sites is 1. The van der Waals surface area contributed by atoms with Gasteiger partial charge in [-0.05, 0) is 74.5 Å². The number of carbonyl (C=O) groups excluding carboxylic acids is 1. The number of carbonyl (C=O) groups is 1. The number of hydrogen-bond acceptors (Lipinski definition) is 5. The number of thioether (sulfide) groups is 2. The lowest BCUT2D eigenvalue weighted by Crippen LogP contribution is -2.35. The summed E-state index contributed by atoms with van der Waals surface area (Å²) in [4.78, 5) is 16.8. The number of aliphatic imine (C=N–C) groups is 1. The molecule has 1 aromatic carbocycles. The van der Waals surface area contributed by atoms with Crippen LogP contribution in [0.2, 0.25) is 0 Å². The van der Waals surface area contributed by atoms with Crippen LogP contribution < -0.4 is 0 Å². The van der Waals surface area contributed by atoms with Crippen LogP contribution >= 0.6 is 23.5 Å². The van der Waals surface area contributed by atoms with Gasteiger partial charge >= 0.3 is 0 Å². The van der Waals surface area contributed by atoms with Crippen molar-refractivity contribution in [2.75, 3.05) is 6.26 Å². The second kappa shape index (κ2) is 7.35. The van der Waals surface area contributed by atoms with Gasteiger partial charge in [-0.25, -0.2) is 0 Å². The van der Waals surface area contributed by atoms with E-state index in [1.807, 2.05) is 19.2 Å². The summed E-state index contributed by atoms with van der Waals surface area (Å²) in [6.45, 7) is 8.29. The molecule has 0 aliphatic carbocycles. The minimum Gasteiger partial charge on any atom is -0.317 e. The Morgan fingerprint density at radius 1 is 1.17 bits per heavy atom. The van der Waals surface area contributed by atoms with Gasteiger partial charge in [0.25, 0.3) is 5.91 Å². The lowest BCUT2D eigenvalue weighted by Gasteiger charge is -2.20. The number of nitrogens with one attached hydrogen (secondary N) is 1. The summed E-state index contributed by atoms with van der Waals surface area (Å²) in [5.74, 6) is -0.336. The molecule has 2 aliphatic heterocycles. The molecule has 0 spiro atoms. The van der Waals surface area contributed by atoms with Crippen LogP contribution in [0.4, 0.5) is 0 Å². The van der Waals surface area contributed by atoms with E-state index in [0.29, 0.717) is 5.17 Å². The number of nitrogens with zero attached hydrogens (tertiary/aromatic N) is 4. The number of amidine groups is 2. The van der Waals surface area contributed by atoms with Gasteiger partial charge in [-0.15, -0.1) is 16.9 Å². The Labute approximate surface area is 178 Å². The lowest BCUT2D eigenvalue weighted by molar-refractivity contribution is -0.114. The Morgan fingerprint density at radius 3 is 2.52 bits per heavy atom. The molecule has 1 aromatic heterocycles. The fourth-order valence-corrected chi connectivity index (χ4v) is 4.99. The highest BCUT2D eigenvalue weighted by atomic mass is 32.2. The van der Waals surface area contributed by atoms with Crippen molar-refractivity contribution >= 4 is 50.9 Å². The maximum Gasteiger partial charge on any atom is 0.283 e. The second-order valence-electron chi connectivity index (χ2n) is 6.99. The standard InChI is InChI=1S/C21H21N5OS2/c1-11-7-6-8-12(2)17(11)25-13(3)9-15(14(25)4)10-16-18(22)26-20(23-19(16)27)29-21(24-26)28-5/h6-10,22H,1-5H3/b16-10+,22-18?. The van der Waals surface area contributed by atoms with Crippen LogP contribution in [0.3, 0.4) is 0 Å². The van der Waals surface area contributed by atoms with Gasteiger partial charge in [0.2, 0.25) is 5.17 Å². The molecule has 8 heteroatoms.